The van der Waals surface area contributed by atoms with Gasteiger partial charge in [-0.25, -0.2) is 4.79 Å². The molecule has 1 fully saturated rings. The predicted octanol–water partition coefficient (Wildman–Crippen LogP) is 2.35. The summed E-state index contributed by atoms with van der Waals surface area (Å²) in [5.74, 6) is 0.476. The summed E-state index contributed by atoms with van der Waals surface area (Å²) in [6.45, 7) is 7.61. The van der Waals surface area contributed by atoms with Gasteiger partial charge in [-0.05, 0) is 36.2 Å². The SMILES string of the molecule is COC(=O)c1ccc(OCC(O)CN2CCN(Cc3ccccc3C)CC2)c(OC)c1. The zero-order chi connectivity index (χ0) is 22.2. The Morgan fingerprint density at radius 1 is 1.03 bits per heavy atom. The molecule has 31 heavy (non-hydrogen) atoms. The van der Waals surface area contributed by atoms with Crippen LogP contribution in [0.1, 0.15) is 21.5 Å². The van der Waals surface area contributed by atoms with Crippen molar-refractivity contribution < 1.29 is 24.1 Å². The third-order valence-corrected chi connectivity index (χ3v) is 5.61. The number of β-amino-alcohol motifs (C(OH)–C–C–N with tert-alkyl or cyclic N) is 1. The van der Waals surface area contributed by atoms with E-state index < -0.39 is 12.1 Å². The van der Waals surface area contributed by atoms with Crippen LogP contribution in [0.25, 0.3) is 0 Å². The molecule has 7 nitrogen and oxygen atoms in total. The topological polar surface area (TPSA) is 71.5 Å². The molecule has 1 heterocycles. The first-order chi connectivity index (χ1) is 15.0. The lowest BCUT2D eigenvalue weighted by atomic mass is 10.1. The Morgan fingerprint density at radius 2 is 1.74 bits per heavy atom. The number of aliphatic hydroxyl groups excluding tert-OH is 1. The van der Waals surface area contributed by atoms with Gasteiger partial charge in [0.1, 0.15) is 12.7 Å². The second-order valence-corrected chi connectivity index (χ2v) is 7.83. The van der Waals surface area contributed by atoms with Crippen molar-refractivity contribution in [3.8, 4) is 11.5 Å². The zero-order valence-corrected chi connectivity index (χ0v) is 18.5. The van der Waals surface area contributed by atoms with E-state index in [0.29, 0.717) is 23.6 Å². The molecule has 0 bridgehead atoms. The summed E-state index contributed by atoms with van der Waals surface area (Å²) in [5, 5.41) is 10.4. The van der Waals surface area contributed by atoms with E-state index in [-0.39, 0.29) is 6.61 Å². The summed E-state index contributed by atoms with van der Waals surface area (Å²) in [5.41, 5.74) is 3.08. The summed E-state index contributed by atoms with van der Waals surface area (Å²) in [6, 6.07) is 13.3. The summed E-state index contributed by atoms with van der Waals surface area (Å²) >= 11 is 0. The van der Waals surface area contributed by atoms with Crippen molar-refractivity contribution in [2.24, 2.45) is 0 Å². The van der Waals surface area contributed by atoms with E-state index in [1.807, 2.05) is 0 Å². The van der Waals surface area contributed by atoms with Gasteiger partial charge in [0, 0.05) is 39.3 Å². The van der Waals surface area contributed by atoms with Gasteiger partial charge in [0.2, 0.25) is 0 Å². The average molecular weight is 429 g/mol. The molecule has 168 valence electrons. The highest BCUT2D eigenvalue weighted by molar-refractivity contribution is 5.90. The molecule has 0 saturated carbocycles. The molecule has 0 amide bonds. The summed E-state index contributed by atoms with van der Waals surface area (Å²) in [4.78, 5) is 16.4. The normalized spacial score (nSPS) is 16.0. The third kappa shape index (κ3) is 6.43. The number of aryl methyl sites for hydroxylation is 1. The van der Waals surface area contributed by atoms with Crippen LogP contribution in [-0.4, -0.2) is 80.5 Å². The Balaban J connectivity index is 1.44. The van der Waals surface area contributed by atoms with Crippen molar-refractivity contribution in [1.82, 2.24) is 9.80 Å². The van der Waals surface area contributed by atoms with E-state index in [2.05, 4.69) is 41.0 Å². The number of rotatable bonds is 9. The van der Waals surface area contributed by atoms with Crippen molar-refractivity contribution in [3.63, 3.8) is 0 Å². The number of nitrogens with zero attached hydrogens (tertiary/aromatic N) is 2. The maximum atomic E-state index is 11.7. The van der Waals surface area contributed by atoms with Gasteiger partial charge in [-0.1, -0.05) is 24.3 Å². The van der Waals surface area contributed by atoms with Gasteiger partial charge in [0.25, 0.3) is 0 Å². The molecule has 1 aliphatic heterocycles. The fraction of sp³-hybridized carbons (Fsp3) is 0.458. The van der Waals surface area contributed by atoms with E-state index in [1.54, 1.807) is 18.2 Å². The van der Waals surface area contributed by atoms with E-state index in [0.717, 1.165) is 32.7 Å². The Morgan fingerprint density at radius 3 is 2.42 bits per heavy atom. The number of benzene rings is 2. The van der Waals surface area contributed by atoms with Crippen LogP contribution in [0.5, 0.6) is 11.5 Å². The minimum Gasteiger partial charge on any atom is -0.493 e. The fourth-order valence-corrected chi connectivity index (χ4v) is 3.73. The average Bonchev–Trinajstić information content (AvgIpc) is 2.79. The molecular formula is C24H32N2O5. The number of aliphatic hydroxyl groups is 1. The minimum absolute atomic E-state index is 0.150. The number of piperazine rings is 1. The second kappa shape index (κ2) is 11.1. The van der Waals surface area contributed by atoms with Crippen LogP contribution in [0.4, 0.5) is 0 Å². The minimum atomic E-state index is -0.618. The molecule has 1 saturated heterocycles. The lowest BCUT2D eigenvalue weighted by Crippen LogP contribution is -2.48. The van der Waals surface area contributed by atoms with Gasteiger partial charge in [-0.3, -0.25) is 9.80 Å². The Bertz CT molecular complexity index is 865. The van der Waals surface area contributed by atoms with Crippen LogP contribution in [0.15, 0.2) is 42.5 Å². The molecule has 0 aliphatic carbocycles. The summed E-state index contributed by atoms with van der Waals surface area (Å²) in [6.07, 6.45) is -0.618. The van der Waals surface area contributed by atoms with E-state index in [1.165, 1.54) is 25.3 Å². The highest BCUT2D eigenvalue weighted by Crippen LogP contribution is 2.28. The van der Waals surface area contributed by atoms with E-state index >= 15 is 0 Å². The molecule has 0 spiro atoms. The molecule has 1 unspecified atom stereocenters. The largest absolute Gasteiger partial charge is 0.493 e. The lowest BCUT2D eigenvalue weighted by Gasteiger charge is -2.35. The van der Waals surface area contributed by atoms with E-state index in [9.17, 15) is 9.90 Å². The molecule has 1 atom stereocenters. The summed E-state index contributed by atoms with van der Waals surface area (Å²) < 4.78 is 15.8. The molecule has 2 aromatic carbocycles. The van der Waals surface area contributed by atoms with Crippen LogP contribution in [0.3, 0.4) is 0 Å². The number of hydrogen-bond acceptors (Lipinski definition) is 7. The van der Waals surface area contributed by atoms with Gasteiger partial charge in [-0.15, -0.1) is 0 Å². The predicted molar refractivity (Wildman–Crippen MR) is 119 cm³/mol. The molecule has 1 aliphatic rings. The zero-order valence-electron chi connectivity index (χ0n) is 18.5. The van der Waals surface area contributed by atoms with Crippen molar-refractivity contribution in [2.75, 3.05) is 53.6 Å². The molecule has 3 rings (SSSR count). The Labute approximate surface area is 184 Å². The van der Waals surface area contributed by atoms with Crippen LogP contribution in [-0.2, 0) is 11.3 Å². The maximum absolute atomic E-state index is 11.7. The Hall–Kier alpha value is -2.61. The Kier molecular flexibility index (Phi) is 8.28. The van der Waals surface area contributed by atoms with Gasteiger partial charge in [0.15, 0.2) is 11.5 Å². The van der Waals surface area contributed by atoms with Crippen LogP contribution in [0.2, 0.25) is 0 Å². The van der Waals surface area contributed by atoms with Gasteiger partial charge in [-0.2, -0.15) is 0 Å². The molecule has 0 aromatic heterocycles. The first kappa shape index (κ1) is 23.1. The van der Waals surface area contributed by atoms with Crippen LogP contribution >= 0.6 is 0 Å². The van der Waals surface area contributed by atoms with Gasteiger partial charge >= 0.3 is 5.97 Å². The highest BCUT2D eigenvalue weighted by atomic mass is 16.5. The monoisotopic (exact) mass is 428 g/mol. The summed E-state index contributed by atoms with van der Waals surface area (Å²) in [7, 11) is 2.84. The van der Waals surface area contributed by atoms with Crippen LogP contribution < -0.4 is 9.47 Å². The fourth-order valence-electron chi connectivity index (χ4n) is 3.73. The van der Waals surface area contributed by atoms with Crippen molar-refractivity contribution in [2.45, 2.75) is 19.6 Å². The van der Waals surface area contributed by atoms with Gasteiger partial charge in [0.05, 0.1) is 19.8 Å². The maximum Gasteiger partial charge on any atom is 0.337 e. The van der Waals surface area contributed by atoms with E-state index in [4.69, 9.17) is 14.2 Å². The van der Waals surface area contributed by atoms with Crippen LogP contribution in [0, 0.1) is 6.92 Å². The quantitative estimate of drug-likeness (QED) is 0.615. The number of esters is 1. The van der Waals surface area contributed by atoms with Crippen molar-refractivity contribution >= 4 is 5.97 Å². The first-order valence-electron chi connectivity index (χ1n) is 10.6. The smallest absolute Gasteiger partial charge is 0.337 e. The van der Waals surface area contributed by atoms with Crippen molar-refractivity contribution in [1.29, 1.82) is 0 Å². The van der Waals surface area contributed by atoms with Crippen molar-refractivity contribution in [3.05, 3.63) is 59.2 Å². The molecule has 1 N–H and O–H groups in total. The van der Waals surface area contributed by atoms with Gasteiger partial charge < -0.3 is 19.3 Å². The molecular weight excluding hydrogens is 396 g/mol. The number of hydrogen-bond donors (Lipinski definition) is 1. The second-order valence-electron chi connectivity index (χ2n) is 7.83. The lowest BCUT2D eigenvalue weighted by molar-refractivity contribution is 0.0439. The molecule has 2 aromatic rings. The molecule has 7 heteroatoms. The third-order valence-electron chi connectivity index (χ3n) is 5.61. The number of carbonyl (C=O) groups excluding carboxylic acids is 1. The standard InChI is InChI=1S/C24H32N2O5/c1-18-6-4-5-7-20(18)15-25-10-12-26(13-11-25)16-21(27)17-31-22-9-8-19(24(28)30-3)14-23(22)29-2/h4-9,14,21,27H,10-13,15-17H2,1-3H3. The highest BCUT2D eigenvalue weighted by Gasteiger charge is 2.20. The first-order valence-corrected chi connectivity index (χ1v) is 10.6. The number of methoxy groups -OCH3 is 2. The molecule has 0 radical (unpaired) electrons. The number of carbonyl (C=O) groups is 1. The number of ether oxygens (including phenoxy) is 3.